The van der Waals surface area contributed by atoms with Gasteiger partial charge in [-0.1, -0.05) is 48.5 Å². The third-order valence-electron chi connectivity index (χ3n) is 6.73. The second-order valence-electron chi connectivity index (χ2n) is 8.96. The monoisotopic (exact) mass is 527 g/mol. The lowest BCUT2D eigenvalue weighted by Gasteiger charge is -2.09. The molecule has 0 saturated heterocycles. The lowest BCUT2D eigenvalue weighted by molar-refractivity contribution is 0.415. The van der Waals surface area contributed by atoms with Gasteiger partial charge >= 0.3 is 0 Å². The molecule has 0 radical (unpaired) electrons. The molecule has 2 aromatic heterocycles. The van der Waals surface area contributed by atoms with Gasteiger partial charge in [-0.25, -0.2) is 4.98 Å². The van der Waals surface area contributed by atoms with Crippen molar-refractivity contribution in [2.75, 3.05) is 7.11 Å². The Kier molecular flexibility index (Phi) is 5.53. The number of benzene rings is 4. The molecule has 0 aliphatic carbocycles. The molecule has 1 aliphatic rings. The first kappa shape index (κ1) is 23.1. The lowest BCUT2D eigenvalue weighted by Crippen LogP contribution is -2.21. The van der Waals surface area contributed by atoms with E-state index in [-0.39, 0.29) is 5.56 Å². The van der Waals surface area contributed by atoms with Crippen LogP contribution in [0.3, 0.4) is 0 Å². The highest BCUT2D eigenvalue weighted by Gasteiger charge is 2.28. The van der Waals surface area contributed by atoms with Gasteiger partial charge in [0.15, 0.2) is 5.82 Å². The Morgan fingerprint density at radius 2 is 1.54 bits per heavy atom. The zero-order valence-corrected chi connectivity index (χ0v) is 21.7. The summed E-state index contributed by atoms with van der Waals surface area (Å²) >= 11 is 1.50. The van der Waals surface area contributed by atoms with E-state index in [2.05, 4.69) is 9.95 Å². The maximum Gasteiger partial charge on any atom is 0.266 e. The van der Waals surface area contributed by atoms with E-state index in [1.54, 1.807) is 17.7 Å². The second kappa shape index (κ2) is 9.34. The van der Waals surface area contributed by atoms with Crippen LogP contribution in [0.15, 0.2) is 124 Å². The number of rotatable bonds is 4. The summed E-state index contributed by atoms with van der Waals surface area (Å²) in [6.07, 6.45) is 0. The molecule has 39 heavy (non-hydrogen) atoms. The summed E-state index contributed by atoms with van der Waals surface area (Å²) < 4.78 is 9.06. The van der Waals surface area contributed by atoms with Gasteiger partial charge in [0.05, 0.1) is 29.4 Å². The van der Waals surface area contributed by atoms with Crippen molar-refractivity contribution < 1.29 is 4.74 Å². The van der Waals surface area contributed by atoms with E-state index in [0.29, 0.717) is 27.2 Å². The van der Waals surface area contributed by atoms with E-state index in [1.807, 2.05) is 97.1 Å². The fourth-order valence-electron chi connectivity index (χ4n) is 4.87. The molecule has 4 aromatic carbocycles. The molecule has 8 heteroatoms. The van der Waals surface area contributed by atoms with Crippen LogP contribution in [0.4, 0.5) is 0 Å². The first-order valence-corrected chi connectivity index (χ1v) is 13.2. The van der Waals surface area contributed by atoms with Gasteiger partial charge < -0.3 is 4.74 Å². The Hall–Kier alpha value is -5.08. The summed E-state index contributed by atoms with van der Waals surface area (Å²) in [5, 5.41) is 12.1. The molecule has 0 unspecified atom stereocenters. The second-order valence-corrected chi connectivity index (χ2v) is 9.80. The van der Waals surface area contributed by atoms with Crippen LogP contribution in [0.25, 0.3) is 33.5 Å². The van der Waals surface area contributed by atoms with Crippen molar-refractivity contribution in [1.29, 1.82) is 0 Å². The van der Waals surface area contributed by atoms with Crippen molar-refractivity contribution in [2.24, 2.45) is 10.2 Å². The van der Waals surface area contributed by atoms with Gasteiger partial charge in [-0.3, -0.25) is 13.9 Å². The Morgan fingerprint density at radius 1 is 0.795 bits per heavy atom. The Balaban J connectivity index is 1.46. The topological polar surface area (TPSA) is 73.8 Å². The van der Waals surface area contributed by atoms with E-state index < -0.39 is 0 Å². The number of ether oxygens (including phenoxy) is 1. The number of hydrogen-bond acceptors (Lipinski definition) is 6. The average molecular weight is 528 g/mol. The normalized spacial score (nSPS) is 13.6. The molecule has 1 aliphatic heterocycles. The van der Waals surface area contributed by atoms with Gasteiger partial charge in [-0.2, -0.15) is 0 Å². The van der Waals surface area contributed by atoms with Gasteiger partial charge in [0, 0.05) is 16.6 Å². The number of methoxy groups -OCH3 is 1. The van der Waals surface area contributed by atoms with Crippen LogP contribution in [-0.4, -0.2) is 26.9 Å². The molecule has 0 fully saturated rings. The predicted molar refractivity (Wildman–Crippen MR) is 154 cm³/mol. The number of aromatic nitrogens is 3. The molecule has 3 heterocycles. The summed E-state index contributed by atoms with van der Waals surface area (Å²) in [5.41, 5.74) is 5.63. The Morgan fingerprint density at radius 3 is 2.36 bits per heavy atom. The van der Waals surface area contributed by atoms with Gasteiger partial charge in [0.1, 0.15) is 11.5 Å². The largest absolute Gasteiger partial charge is 0.497 e. The molecule has 0 N–H and O–H groups in total. The van der Waals surface area contributed by atoms with Crippen molar-refractivity contribution in [3.8, 4) is 28.4 Å². The molecule has 188 valence electrons. The van der Waals surface area contributed by atoms with E-state index >= 15 is 0 Å². The van der Waals surface area contributed by atoms with Gasteiger partial charge in [-0.05, 0) is 60.2 Å². The Labute approximate surface area is 227 Å². The molecule has 0 atom stereocenters. The molecule has 6 aromatic rings. The fraction of sp³-hybridized carbons (Fsp3) is 0.0323. The lowest BCUT2D eigenvalue weighted by atomic mass is 10.1. The van der Waals surface area contributed by atoms with E-state index in [1.165, 1.54) is 11.3 Å². The zero-order valence-electron chi connectivity index (χ0n) is 20.9. The van der Waals surface area contributed by atoms with Crippen molar-refractivity contribution in [2.45, 2.75) is 0 Å². The number of thiazole rings is 1. The van der Waals surface area contributed by atoms with Crippen LogP contribution in [0.2, 0.25) is 0 Å². The predicted octanol–water partition coefficient (Wildman–Crippen LogP) is 5.58. The minimum atomic E-state index is -0.120. The smallest absolute Gasteiger partial charge is 0.266 e. The van der Waals surface area contributed by atoms with Gasteiger partial charge in [-0.15, -0.1) is 21.5 Å². The van der Waals surface area contributed by atoms with Crippen LogP contribution >= 0.6 is 11.3 Å². The van der Waals surface area contributed by atoms with Crippen LogP contribution in [0, 0.1) is 0 Å². The molecule has 0 saturated carbocycles. The maximum absolute atomic E-state index is 13.5. The average Bonchev–Trinajstić information content (AvgIpc) is 3.56. The highest BCUT2D eigenvalue weighted by Crippen LogP contribution is 2.28. The summed E-state index contributed by atoms with van der Waals surface area (Å²) in [4.78, 5) is 19.0. The SMILES string of the molecule is COc1ccc(-c2cs/c(=N/N=C3/c4ccccc4-n4c3nc3ccccc3c4=O)n2-c2ccccc2)cc1. The van der Waals surface area contributed by atoms with Gasteiger partial charge in [0.25, 0.3) is 5.56 Å². The van der Waals surface area contributed by atoms with Crippen LogP contribution in [-0.2, 0) is 0 Å². The molecule has 7 rings (SSSR count). The molecule has 0 amide bonds. The van der Waals surface area contributed by atoms with Crippen molar-refractivity contribution >= 4 is 28.0 Å². The van der Waals surface area contributed by atoms with Crippen molar-refractivity contribution in [3.63, 3.8) is 0 Å². The van der Waals surface area contributed by atoms with Crippen LogP contribution in [0.5, 0.6) is 5.75 Å². The molecule has 0 spiro atoms. The molecular weight excluding hydrogens is 506 g/mol. The van der Waals surface area contributed by atoms with E-state index in [4.69, 9.17) is 19.9 Å². The van der Waals surface area contributed by atoms with Crippen molar-refractivity contribution in [1.82, 2.24) is 14.1 Å². The minimum absolute atomic E-state index is 0.120. The van der Waals surface area contributed by atoms with Crippen molar-refractivity contribution in [3.05, 3.63) is 135 Å². The third-order valence-corrected chi connectivity index (χ3v) is 7.55. The zero-order chi connectivity index (χ0) is 26.3. The highest BCUT2D eigenvalue weighted by molar-refractivity contribution is 7.07. The molecule has 0 bridgehead atoms. The Bertz CT molecular complexity index is 2020. The number of para-hydroxylation sites is 3. The quantitative estimate of drug-likeness (QED) is 0.281. The minimum Gasteiger partial charge on any atom is -0.497 e. The van der Waals surface area contributed by atoms with Crippen LogP contribution in [0.1, 0.15) is 11.4 Å². The van der Waals surface area contributed by atoms with Gasteiger partial charge in [0.2, 0.25) is 4.80 Å². The fourth-order valence-corrected chi connectivity index (χ4v) is 5.72. The van der Waals surface area contributed by atoms with Crippen LogP contribution < -0.4 is 15.1 Å². The first-order valence-electron chi connectivity index (χ1n) is 12.4. The molecule has 7 nitrogen and oxygen atoms in total. The summed E-state index contributed by atoms with van der Waals surface area (Å²) in [7, 11) is 1.66. The standard InChI is InChI=1S/C31H21N5O2S/c1-38-22-17-15-20(16-18-22)27-19-39-31(35(27)21-9-3-2-4-10-21)34-33-28-24-12-6-8-14-26(24)36-29(28)32-25-13-7-5-11-23(25)30(36)37/h2-19H,1H3/b33-28-,34-31+. The molecular formula is C31H21N5O2S. The van der Waals surface area contributed by atoms with E-state index in [9.17, 15) is 4.79 Å². The number of nitrogens with zero attached hydrogens (tertiary/aromatic N) is 5. The highest BCUT2D eigenvalue weighted by atomic mass is 32.1. The number of hydrogen-bond donors (Lipinski definition) is 0. The summed E-state index contributed by atoms with van der Waals surface area (Å²) in [6, 6.07) is 33.1. The summed E-state index contributed by atoms with van der Waals surface area (Å²) in [6.45, 7) is 0. The maximum atomic E-state index is 13.5. The summed E-state index contributed by atoms with van der Waals surface area (Å²) in [5.74, 6) is 1.28. The first-order chi connectivity index (χ1) is 19.2. The third kappa shape index (κ3) is 3.81. The number of fused-ring (bicyclic) bond motifs is 4. The van der Waals surface area contributed by atoms with E-state index in [0.717, 1.165) is 33.9 Å².